The van der Waals surface area contributed by atoms with Crippen LogP contribution in [0.25, 0.3) is 0 Å². The molecule has 6 nitrogen and oxygen atoms in total. The number of rotatable bonds is 5. The van der Waals surface area contributed by atoms with Crippen molar-refractivity contribution < 1.29 is 14.7 Å². The number of hydrazone groups is 1. The van der Waals surface area contributed by atoms with Crippen molar-refractivity contribution in [2.24, 2.45) is 5.10 Å². The number of hydrogen-bond donors (Lipinski definition) is 3. The molecule has 0 fully saturated rings. The van der Waals surface area contributed by atoms with Crippen molar-refractivity contribution in [2.75, 3.05) is 6.54 Å². The zero-order chi connectivity index (χ0) is 17.5. The molecule has 24 heavy (non-hydrogen) atoms. The van der Waals surface area contributed by atoms with Crippen LogP contribution in [0.15, 0.2) is 52.0 Å². The first-order chi connectivity index (χ1) is 11.5. The molecule has 0 atom stereocenters. The largest absolute Gasteiger partial charge is 0.507 e. The van der Waals surface area contributed by atoms with Gasteiger partial charge in [-0.05, 0) is 46.6 Å². The average Bonchev–Trinajstić information content (AvgIpc) is 2.57. The number of aryl methyl sites for hydroxylation is 1. The lowest BCUT2D eigenvalue weighted by molar-refractivity contribution is -0.120. The van der Waals surface area contributed by atoms with E-state index in [9.17, 15) is 14.7 Å². The predicted octanol–water partition coefficient (Wildman–Crippen LogP) is 2.34. The van der Waals surface area contributed by atoms with Gasteiger partial charge in [0.15, 0.2) is 0 Å². The van der Waals surface area contributed by atoms with Gasteiger partial charge in [0.1, 0.15) is 5.75 Å². The maximum atomic E-state index is 12.0. The van der Waals surface area contributed by atoms with E-state index >= 15 is 0 Å². The highest BCUT2D eigenvalue weighted by atomic mass is 79.9. The lowest BCUT2D eigenvalue weighted by atomic mass is 10.1. The summed E-state index contributed by atoms with van der Waals surface area (Å²) in [7, 11) is 0. The SMILES string of the molecule is Cc1cccc(/C=N/NC(=O)CNC(=O)c2ccccc2Br)c1O. The summed E-state index contributed by atoms with van der Waals surface area (Å²) >= 11 is 3.28. The molecule has 2 amide bonds. The van der Waals surface area contributed by atoms with Crippen LogP contribution in [0, 0.1) is 6.92 Å². The fourth-order valence-corrected chi connectivity index (χ4v) is 2.37. The summed E-state index contributed by atoms with van der Waals surface area (Å²) in [6, 6.07) is 12.1. The Bertz CT molecular complexity index is 790. The molecule has 0 aliphatic heterocycles. The highest BCUT2D eigenvalue weighted by Crippen LogP contribution is 2.19. The zero-order valence-corrected chi connectivity index (χ0v) is 14.5. The van der Waals surface area contributed by atoms with Gasteiger partial charge in [-0.25, -0.2) is 5.43 Å². The lowest BCUT2D eigenvalue weighted by Gasteiger charge is -2.06. The lowest BCUT2D eigenvalue weighted by Crippen LogP contribution is -2.35. The van der Waals surface area contributed by atoms with Gasteiger partial charge < -0.3 is 10.4 Å². The van der Waals surface area contributed by atoms with Gasteiger partial charge in [-0.15, -0.1) is 0 Å². The van der Waals surface area contributed by atoms with Gasteiger partial charge >= 0.3 is 0 Å². The van der Waals surface area contributed by atoms with E-state index in [0.717, 1.165) is 0 Å². The third-order valence-electron chi connectivity index (χ3n) is 3.19. The fraction of sp³-hybridized carbons (Fsp3) is 0.118. The van der Waals surface area contributed by atoms with Crippen molar-refractivity contribution in [2.45, 2.75) is 6.92 Å². The number of nitrogens with zero attached hydrogens (tertiary/aromatic N) is 1. The number of para-hydroxylation sites is 1. The van der Waals surface area contributed by atoms with Gasteiger partial charge in [0.05, 0.1) is 18.3 Å². The van der Waals surface area contributed by atoms with Crippen molar-refractivity contribution in [3.8, 4) is 5.75 Å². The topological polar surface area (TPSA) is 90.8 Å². The molecule has 0 aliphatic carbocycles. The molecule has 2 rings (SSSR count). The second-order valence-corrected chi connectivity index (χ2v) is 5.82. The summed E-state index contributed by atoms with van der Waals surface area (Å²) in [5, 5.41) is 16.1. The van der Waals surface area contributed by atoms with Crippen molar-refractivity contribution in [3.63, 3.8) is 0 Å². The minimum Gasteiger partial charge on any atom is -0.507 e. The summed E-state index contributed by atoms with van der Waals surface area (Å²) in [6.45, 7) is 1.56. The van der Waals surface area contributed by atoms with E-state index < -0.39 is 5.91 Å². The third kappa shape index (κ3) is 4.66. The molecule has 124 valence electrons. The first-order valence-electron chi connectivity index (χ1n) is 7.12. The van der Waals surface area contributed by atoms with Gasteiger partial charge in [0, 0.05) is 10.0 Å². The normalized spacial score (nSPS) is 10.6. The van der Waals surface area contributed by atoms with Crippen LogP contribution < -0.4 is 10.7 Å². The smallest absolute Gasteiger partial charge is 0.259 e. The van der Waals surface area contributed by atoms with E-state index in [1.807, 2.05) is 0 Å². The molecule has 0 aromatic heterocycles. The molecule has 7 heteroatoms. The molecule has 0 saturated heterocycles. The van der Waals surface area contributed by atoms with E-state index in [1.165, 1.54) is 6.21 Å². The van der Waals surface area contributed by atoms with Gasteiger partial charge in [0.2, 0.25) is 0 Å². The fourth-order valence-electron chi connectivity index (χ4n) is 1.90. The minimum absolute atomic E-state index is 0.109. The maximum absolute atomic E-state index is 12.0. The number of benzene rings is 2. The summed E-state index contributed by atoms with van der Waals surface area (Å²) in [4.78, 5) is 23.6. The minimum atomic E-state index is -0.473. The molecule has 2 aromatic rings. The zero-order valence-electron chi connectivity index (χ0n) is 12.9. The molecule has 0 aliphatic rings. The molecule has 0 radical (unpaired) electrons. The van der Waals surface area contributed by atoms with E-state index in [4.69, 9.17) is 0 Å². The van der Waals surface area contributed by atoms with Crippen molar-refractivity contribution in [1.29, 1.82) is 0 Å². The maximum Gasteiger partial charge on any atom is 0.259 e. The van der Waals surface area contributed by atoms with Crippen LogP contribution in [0.1, 0.15) is 21.5 Å². The summed E-state index contributed by atoms with van der Waals surface area (Å²) in [5.74, 6) is -0.727. The van der Waals surface area contributed by atoms with Crippen LogP contribution in [0.3, 0.4) is 0 Å². The Hall–Kier alpha value is -2.67. The quantitative estimate of drug-likeness (QED) is 0.541. The first-order valence-corrected chi connectivity index (χ1v) is 7.91. The average molecular weight is 390 g/mol. The van der Waals surface area contributed by atoms with Crippen LogP contribution in [0.2, 0.25) is 0 Å². The standard InChI is InChI=1S/C17H16BrN3O3/c1-11-5-4-6-12(16(11)23)9-20-21-15(22)10-19-17(24)13-7-2-3-8-14(13)18/h2-9,23H,10H2,1H3,(H,19,24)(H,21,22)/b20-9+. The molecule has 0 bridgehead atoms. The Morgan fingerprint density at radius 3 is 2.71 bits per heavy atom. The number of carbonyl (C=O) groups excluding carboxylic acids is 2. The Morgan fingerprint density at radius 2 is 1.96 bits per heavy atom. The predicted molar refractivity (Wildman–Crippen MR) is 95.1 cm³/mol. The van der Waals surface area contributed by atoms with E-state index in [2.05, 4.69) is 31.8 Å². The Kier molecular flexibility index (Phi) is 6.08. The number of amides is 2. The number of nitrogens with one attached hydrogen (secondary N) is 2. The summed E-state index contributed by atoms with van der Waals surface area (Å²) < 4.78 is 0.649. The molecule has 0 spiro atoms. The highest BCUT2D eigenvalue weighted by molar-refractivity contribution is 9.10. The number of hydrogen-bond acceptors (Lipinski definition) is 4. The molecule has 0 saturated carbocycles. The van der Waals surface area contributed by atoms with E-state index in [0.29, 0.717) is 21.2 Å². The van der Waals surface area contributed by atoms with Crippen LogP contribution >= 0.6 is 15.9 Å². The van der Waals surface area contributed by atoms with Gasteiger partial charge in [0.25, 0.3) is 11.8 Å². The number of carbonyl (C=O) groups is 2. The number of phenolic OH excluding ortho intramolecular Hbond substituents is 1. The van der Waals surface area contributed by atoms with Gasteiger partial charge in [-0.1, -0.05) is 24.3 Å². The molecular weight excluding hydrogens is 374 g/mol. The van der Waals surface area contributed by atoms with Crippen LogP contribution in [-0.4, -0.2) is 29.7 Å². The number of phenols is 1. The van der Waals surface area contributed by atoms with Crippen LogP contribution in [0.4, 0.5) is 0 Å². The highest BCUT2D eigenvalue weighted by Gasteiger charge is 2.10. The second-order valence-electron chi connectivity index (χ2n) is 4.97. The van der Waals surface area contributed by atoms with Crippen molar-refractivity contribution in [3.05, 3.63) is 63.6 Å². The summed E-state index contributed by atoms with van der Waals surface area (Å²) in [6.07, 6.45) is 1.34. The van der Waals surface area contributed by atoms with Crippen molar-refractivity contribution >= 4 is 34.0 Å². The van der Waals surface area contributed by atoms with Gasteiger partial charge in [-0.2, -0.15) is 5.10 Å². The third-order valence-corrected chi connectivity index (χ3v) is 3.88. The van der Waals surface area contributed by atoms with Gasteiger partial charge in [-0.3, -0.25) is 9.59 Å². The number of halogens is 1. The molecule has 0 heterocycles. The van der Waals surface area contributed by atoms with Crippen molar-refractivity contribution in [1.82, 2.24) is 10.7 Å². The Morgan fingerprint density at radius 1 is 1.21 bits per heavy atom. The summed E-state index contributed by atoms with van der Waals surface area (Å²) in [5.41, 5.74) is 3.94. The molecule has 2 aromatic carbocycles. The van der Waals surface area contributed by atoms with Crippen LogP contribution in [0.5, 0.6) is 5.75 Å². The van der Waals surface area contributed by atoms with E-state index in [1.54, 1.807) is 49.4 Å². The number of aromatic hydroxyl groups is 1. The first kappa shape index (κ1) is 17.7. The van der Waals surface area contributed by atoms with Crippen LogP contribution in [-0.2, 0) is 4.79 Å². The second kappa shape index (κ2) is 8.26. The Labute approximate surface area is 147 Å². The Balaban J connectivity index is 1.86. The molecule has 3 N–H and O–H groups in total. The molecular formula is C17H16BrN3O3. The van der Waals surface area contributed by atoms with E-state index in [-0.39, 0.29) is 18.2 Å². The monoisotopic (exact) mass is 389 g/mol. The molecule has 0 unspecified atom stereocenters.